The minimum atomic E-state index is -0.0489. The Hall–Kier alpha value is -0.570. The van der Waals surface area contributed by atoms with Crippen LogP contribution in [0.3, 0.4) is 0 Å². The second kappa shape index (κ2) is 7.00. The van der Waals surface area contributed by atoms with Crippen molar-refractivity contribution in [3.05, 3.63) is 0 Å². The molecule has 0 aliphatic heterocycles. The van der Waals surface area contributed by atoms with Crippen LogP contribution < -0.4 is 11.1 Å². The Balaban J connectivity index is 2.34. The third kappa shape index (κ3) is 5.07. The lowest BCUT2D eigenvalue weighted by molar-refractivity contribution is -0.122. The van der Waals surface area contributed by atoms with Crippen molar-refractivity contribution < 1.29 is 4.79 Å². The van der Waals surface area contributed by atoms with Crippen LogP contribution in [0, 0.1) is 11.8 Å². The zero-order valence-corrected chi connectivity index (χ0v) is 11.5. The molecule has 3 N–H and O–H groups in total. The third-order valence-electron chi connectivity index (χ3n) is 4.08. The van der Waals surface area contributed by atoms with Crippen LogP contribution in [0.4, 0.5) is 0 Å². The predicted octanol–water partition coefficient (Wildman–Crippen LogP) is 2.44. The zero-order valence-electron chi connectivity index (χ0n) is 11.5. The van der Waals surface area contributed by atoms with E-state index in [0.717, 1.165) is 5.92 Å². The summed E-state index contributed by atoms with van der Waals surface area (Å²) in [5.41, 5.74) is 5.63. The van der Waals surface area contributed by atoms with Crippen molar-refractivity contribution in [3.8, 4) is 0 Å². The number of carbonyl (C=O) groups is 1. The first-order valence-corrected chi connectivity index (χ1v) is 7.05. The van der Waals surface area contributed by atoms with Gasteiger partial charge in [-0.1, -0.05) is 39.0 Å². The molecule has 1 aliphatic carbocycles. The number of nitrogens with one attached hydrogen (secondary N) is 1. The summed E-state index contributed by atoms with van der Waals surface area (Å²) in [6.45, 7) is 6.26. The maximum Gasteiger partial charge on any atom is 0.221 e. The zero-order chi connectivity index (χ0) is 12.8. The molecule has 0 aromatic carbocycles. The van der Waals surface area contributed by atoms with Crippen LogP contribution in [-0.2, 0) is 4.79 Å². The van der Waals surface area contributed by atoms with Gasteiger partial charge in [0, 0.05) is 18.5 Å². The largest absolute Gasteiger partial charge is 0.353 e. The molecule has 1 aliphatic rings. The van der Waals surface area contributed by atoms with E-state index in [9.17, 15) is 4.79 Å². The first kappa shape index (κ1) is 14.5. The molecule has 3 atom stereocenters. The van der Waals surface area contributed by atoms with Crippen LogP contribution in [0.2, 0.25) is 0 Å². The maximum atomic E-state index is 11.7. The van der Waals surface area contributed by atoms with Crippen LogP contribution in [0.1, 0.15) is 59.3 Å². The highest BCUT2D eigenvalue weighted by Crippen LogP contribution is 2.31. The number of nitrogens with two attached hydrogens (primary N) is 1. The van der Waals surface area contributed by atoms with Crippen molar-refractivity contribution >= 4 is 5.91 Å². The molecule has 0 spiro atoms. The molecule has 1 rings (SSSR count). The molecule has 3 unspecified atom stereocenters. The summed E-state index contributed by atoms with van der Waals surface area (Å²) >= 11 is 0. The van der Waals surface area contributed by atoms with E-state index in [2.05, 4.69) is 19.2 Å². The lowest BCUT2D eigenvalue weighted by Gasteiger charge is -2.32. The Labute approximate surface area is 106 Å². The molecule has 0 heterocycles. The van der Waals surface area contributed by atoms with Crippen molar-refractivity contribution in [1.29, 1.82) is 0 Å². The number of hydrogen-bond donors (Lipinski definition) is 2. The smallest absolute Gasteiger partial charge is 0.221 e. The van der Waals surface area contributed by atoms with Gasteiger partial charge in [-0.15, -0.1) is 0 Å². The molecule has 0 radical (unpaired) electrons. The van der Waals surface area contributed by atoms with E-state index >= 15 is 0 Å². The molecule has 1 amide bonds. The van der Waals surface area contributed by atoms with Crippen LogP contribution in [-0.4, -0.2) is 18.0 Å². The third-order valence-corrected chi connectivity index (χ3v) is 4.08. The van der Waals surface area contributed by atoms with E-state index in [1.807, 2.05) is 6.92 Å². The molecule has 0 bridgehead atoms. The quantitative estimate of drug-likeness (QED) is 0.775. The summed E-state index contributed by atoms with van der Waals surface area (Å²) in [7, 11) is 0. The van der Waals surface area contributed by atoms with Gasteiger partial charge >= 0.3 is 0 Å². The number of hydrogen-bond acceptors (Lipinski definition) is 2. The monoisotopic (exact) mass is 240 g/mol. The first-order valence-electron chi connectivity index (χ1n) is 7.05. The van der Waals surface area contributed by atoms with Gasteiger partial charge in [0.05, 0.1) is 0 Å². The van der Waals surface area contributed by atoms with Crippen molar-refractivity contribution in [1.82, 2.24) is 5.32 Å². The van der Waals surface area contributed by atoms with Gasteiger partial charge in [0.15, 0.2) is 0 Å². The van der Waals surface area contributed by atoms with Crippen LogP contribution in [0.25, 0.3) is 0 Å². The molecule has 1 saturated carbocycles. The highest BCUT2D eigenvalue weighted by molar-refractivity contribution is 5.76. The summed E-state index contributed by atoms with van der Waals surface area (Å²) < 4.78 is 0. The Bertz CT molecular complexity index is 234. The Morgan fingerprint density at radius 1 is 1.24 bits per heavy atom. The molecule has 0 saturated heterocycles. The van der Waals surface area contributed by atoms with Gasteiger partial charge in [-0.2, -0.15) is 0 Å². The highest BCUT2D eigenvalue weighted by atomic mass is 16.1. The van der Waals surface area contributed by atoms with E-state index in [4.69, 9.17) is 5.73 Å². The standard InChI is InChI=1S/C14H28N2O/c1-10(15)9-14(17)16-12(3)11(2)13-7-5-4-6-8-13/h10-13H,4-9,15H2,1-3H3,(H,16,17). The summed E-state index contributed by atoms with van der Waals surface area (Å²) in [5, 5.41) is 3.09. The van der Waals surface area contributed by atoms with Gasteiger partial charge in [0.1, 0.15) is 0 Å². The number of carbonyl (C=O) groups excluding carboxylic acids is 1. The van der Waals surface area contributed by atoms with Crippen molar-refractivity contribution in [3.63, 3.8) is 0 Å². The van der Waals surface area contributed by atoms with E-state index in [-0.39, 0.29) is 18.0 Å². The second-order valence-electron chi connectivity index (χ2n) is 5.79. The molecule has 3 heteroatoms. The van der Waals surface area contributed by atoms with Gasteiger partial charge in [-0.3, -0.25) is 4.79 Å². The van der Waals surface area contributed by atoms with Gasteiger partial charge in [0.25, 0.3) is 0 Å². The minimum Gasteiger partial charge on any atom is -0.353 e. The molecule has 0 aromatic rings. The van der Waals surface area contributed by atoms with Crippen molar-refractivity contribution in [2.75, 3.05) is 0 Å². The topological polar surface area (TPSA) is 55.1 Å². The van der Waals surface area contributed by atoms with E-state index in [1.54, 1.807) is 0 Å². The minimum absolute atomic E-state index is 0.0489. The summed E-state index contributed by atoms with van der Waals surface area (Å²) in [6.07, 6.45) is 7.19. The van der Waals surface area contributed by atoms with Gasteiger partial charge in [-0.25, -0.2) is 0 Å². The number of amides is 1. The van der Waals surface area contributed by atoms with Crippen molar-refractivity contribution in [2.45, 2.75) is 71.4 Å². The van der Waals surface area contributed by atoms with Crippen LogP contribution in [0.15, 0.2) is 0 Å². The molecule has 1 fully saturated rings. The van der Waals surface area contributed by atoms with E-state index in [0.29, 0.717) is 12.3 Å². The molecular weight excluding hydrogens is 212 g/mol. The normalized spacial score (nSPS) is 22.8. The molecule has 100 valence electrons. The van der Waals surface area contributed by atoms with Crippen LogP contribution >= 0.6 is 0 Å². The predicted molar refractivity (Wildman–Crippen MR) is 71.6 cm³/mol. The average molecular weight is 240 g/mol. The fourth-order valence-corrected chi connectivity index (χ4v) is 2.80. The first-order chi connectivity index (χ1) is 8.00. The van der Waals surface area contributed by atoms with Gasteiger partial charge in [-0.05, 0) is 25.7 Å². The summed E-state index contributed by atoms with van der Waals surface area (Å²) in [5.74, 6) is 1.46. The Morgan fingerprint density at radius 3 is 2.35 bits per heavy atom. The number of rotatable bonds is 5. The van der Waals surface area contributed by atoms with Crippen molar-refractivity contribution in [2.24, 2.45) is 17.6 Å². The molecular formula is C14H28N2O. The van der Waals surface area contributed by atoms with Crippen LogP contribution in [0.5, 0.6) is 0 Å². The summed E-state index contributed by atoms with van der Waals surface area (Å²) in [6, 6.07) is 0.219. The SMILES string of the molecule is CC(N)CC(=O)NC(C)C(C)C1CCCCC1. The van der Waals surface area contributed by atoms with E-state index in [1.165, 1.54) is 32.1 Å². The Morgan fingerprint density at radius 2 is 1.82 bits per heavy atom. The lowest BCUT2D eigenvalue weighted by Crippen LogP contribution is -2.41. The summed E-state index contributed by atoms with van der Waals surface area (Å²) in [4.78, 5) is 11.7. The molecule has 3 nitrogen and oxygen atoms in total. The maximum absolute atomic E-state index is 11.7. The molecule has 17 heavy (non-hydrogen) atoms. The fourth-order valence-electron chi connectivity index (χ4n) is 2.80. The fraction of sp³-hybridized carbons (Fsp3) is 0.929. The highest BCUT2D eigenvalue weighted by Gasteiger charge is 2.25. The van der Waals surface area contributed by atoms with Gasteiger partial charge < -0.3 is 11.1 Å². The van der Waals surface area contributed by atoms with Gasteiger partial charge in [0.2, 0.25) is 5.91 Å². The van der Waals surface area contributed by atoms with E-state index < -0.39 is 0 Å². The lowest BCUT2D eigenvalue weighted by atomic mass is 9.78. The second-order valence-corrected chi connectivity index (χ2v) is 5.79. The Kier molecular flexibility index (Phi) is 5.96. The average Bonchev–Trinajstić information content (AvgIpc) is 2.28. The molecule has 0 aromatic heterocycles.